The minimum Gasteiger partial charge on any atom is -0.371 e. The molecule has 3 nitrogen and oxygen atoms in total. The zero-order chi connectivity index (χ0) is 10.3. The molecule has 3 rings (SSSR count). The van der Waals surface area contributed by atoms with Gasteiger partial charge in [0.1, 0.15) is 6.23 Å². The van der Waals surface area contributed by atoms with Crippen molar-refractivity contribution in [3.05, 3.63) is 35.4 Å². The highest BCUT2D eigenvalue weighted by molar-refractivity contribution is 5.85. The fourth-order valence-electron chi connectivity index (χ4n) is 2.62. The number of halogens is 1. The number of methoxy groups -OCH3 is 1. The summed E-state index contributed by atoms with van der Waals surface area (Å²) in [6.45, 7) is 1.62. The van der Waals surface area contributed by atoms with Crippen LogP contribution >= 0.6 is 12.4 Å². The van der Waals surface area contributed by atoms with Crippen molar-refractivity contribution in [3.8, 4) is 0 Å². The van der Waals surface area contributed by atoms with E-state index >= 15 is 0 Å². The Bertz CT molecular complexity index is 372. The molecule has 0 bridgehead atoms. The van der Waals surface area contributed by atoms with E-state index in [1.54, 1.807) is 7.11 Å². The third kappa shape index (κ3) is 1.74. The Balaban J connectivity index is 0.000000963. The first-order valence-electron chi connectivity index (χ1n) is 5.36. The molecule has 16 heavy (non-hydrogen) atoms. The van der Waals surface area contributed by atoms with Gasteiger partial charge in [-0.25, -0.2) is 0 Å². The lowest BCUT2D eigenvalue weighted by Crippen LogP contribution is -2.31. The molecule has 3 atom stereocenters. The lowest BCUT2D eigenvalue weighted by molar-refractivity contribution is -0.00129. The number of fused-ring (bicyclic) bond motifs is 3. The Morgan fingerprint density at radius 2 is 2.19 bits per heavy atom. The van der Waals surface area contributed by atoms with Gasteiger partial charge in [0.15, 0.2) is 0 Å². The van der Waals surface area contributed by atoms with Crippen molar-refractivity contribution in [1.82, 2.24) is 5.32 Å². The predicted molar refractivity (Wildman–Crippen MR) is 63.8 cm³/mol. The fraction of sp³-hybridized carbons (Fsp3) is 0.500. The molecule has 0 aliphatic carbocycles. The monoisotopic (exact) mass is 241 g/mol. The second-order valence-electron chi connectivity index (χ2n) is 4.14. The van der Waals surface area contributed by atoms with E-state index in [9.17, 15) is 0 Å². The van der Waals surface area contributed by atoms with Crippen molar-refractivity contribution in [3.63, 3.8) is 0 Å². The third-order valence-electron chi connectivity index (χ3n) is 3.37. The molecule has 0 aromatic heterocycles. The Morgan fingerprint density at radius 3 is 3.00 bits per heavy atom. The van der Waals surface area contributed by atoms with Crippen LogP contribution in [0.5, 0.6) is 0 Å². The lowest BCUT2D eigenvalue weighted by Gasteiger charge is -2.30. The highest BCUT2D eigenvalue weighted by Crippen LogP contribution is 2.36. The van der Waals surface area contributed by atoms with E-state index in [-0.39, 0.29) is 24.7 Å². The lowest BCUT2D eigenvalue weighted by atomic mass is 9.88. The summed E-state index contributed by atoms with van der Waals surface area (Å²) in [5.74, 6) is 0.347. The third-order valence-corrected chi connectivity index (χ3v) is 3.37. The molecule has 2 heterocycles. The first kappa shape index (κ1) is 11.9. The zero-order valence-corrected chi connectivity index (χ0v) is 10.00. The maximum atomic E-state index is 5.82. The Hall–Kier alpha value is -0.610. The van der Waals surface area contributed by atoms with Gasteiger partial charge in [0, 0.05) is 13.7 Å². The van der Waals surface area contributed by atoms with Crippen LogP contribution in [0.4, 0.5) is 0 Å². The van der Waals surface area contributed by atoms with E-state index < -0.39 is 0 Å². The van der Waals surface area contributed by atoms with Gasteiger partial charge in [0.25, 0.3) is 0 Å². The Morgan fingerprint density at radius 1 is 1.38 bits per heavy atom. The van der Waals surface area contributed by atoms with Crippen LogP contribution in [0, 0.1) is 0 Å². The van der Waals surface area contributed by atoms with Gasteiger partial charge in [-0.1, -0.05) is 24.3 Å². The van der Waals surface area contributed by atoms with E-state index in [0.29, 0.717) is 5.92 Å². The highest BCUT2D eigenvalue weighted by atomic mass is 35.5. The summed E-state index contributed by atoms with van der Waals surface area (Å²) in [7, 11) is 1.75. The molecule has 4 heteroatoms. The predicted octanol–water partition coefficient (Wildman–Crippen LogP) is 1.67. The number of nitrogens with one attached hydrogen (secondary N) is 1. The summed E-state index contributed by atoms with van der Waals surface area (Å²) < 4.78 is 11.3. The second-order valence-corrected chi connectivity index (χ2v) is 4.14. The molecule has 0 amide bonds. The zero-order valence-electron chi connectivity index (χ0n) is 9.18. The first-order valence-corrected chi connectivity index (χ1v) is 5.36. The standard InChI is InChI=1S/C12H15NO2.ClH/c1-14-12-11-9-5-3-2-4-8(9)7-15-10(11)6-13-12;/h2-5,10-13H,6-7H2,1H3;1H. The Labute approximate surface area is 102 Å². The van der Waals surface area contributed by atoms with Crippen LogP contribution in [0.1, 0.15) is 17.0 Å². The highest BCUT2D eigenvalue weighted by Gasteiger charge is 2.41. The molecule has 1 fully saturated rings. The van der Waals surface area contributed by atoms with E-state index in [2.05, 4.69) is 29.6 Å². The van der Waals surface area contributed by atoms with Crippen LogP contribution < -0.4 is 5.32 Å². The maximum absolute atomic E-state index is 5.82. The van der Waals surface area contributed by atoms with Crippen molar-refractivity contribution in [2.24, 2.45) is 0 Å². The molecule has 1 N–H and O–H groups in total. The van der Waals surface area contributed by atoms with E-state index in [1.807, 2.05) is 0 Å². The molecule has 3 unspecified atom stereocenters. The molecule has 1 aromatic carbocycles. The van der Waals surface area contributed by atoms with Crippen LogP contribution in [0.25, 0.3) is 0 Å². The average molecular weight is 242 g/mol. The Kier molecular flexibility index (Phi) is 3.50. The topological polar surface area (TPSA) is 30.5 Å². The van der Waals surface area contributed by atoms with Crippen LogP contribution in [0.3, 0.4) is 0 Å². The van der Waals surface area contributed by atoms with Gasteiger partial charge in [0.05, 0.1) is 18.6 Å². The number of benzene rings is 1. The van der Waals surface area contributed by atoms with Crippen LogP contribution in [-0.2, 0) is 16.1 Å². The van der Waals surface area contributed by atoms with Gasteiger partial charge in [0.2, 0.25) is 0 Å². The molecular formula is C12H16ClNO2. The van der Waals surface area contributed by atoms with Crippen molar-refractivity contribution in [2.75, 3.05) is 13.7 Å². The van der Waals surface area contributed by atoms with Gasteiger partial charge in [-0.3, -0.25) is 5.32 Å². The van der Waals surface area contributed by atoms with Crippen molar-refractivity contribution in [2.45, 2.75) is 24.9 Å². The molecule has 88 valence electrons. The van der Waals surface area contributed by atoms with Crippen molar-refractivity contribution >= 4 is 12.4 Å². The summed E-state index contributed by atoms with van der Waals surface area (Å²) in [5, 5.41) is 3.34. The molecule has 0 spiro atoms. The van der Waals surface area contributed by atoms with Gasteiger partial charge in [-0.2, -0.15) is 0 Å². The van der Waals surface area contributed by atoms with Crippen LogP contribution in [0.2, 0.25) is 0 Å². The average Bonchev–Trinajstić information content (AvgIpc) is 2.72. The van der Waals surface area contributed by atoms with Gasteiger partial charge >= 0.3 is 0 Å². The normalized spacial score (nSPS) is 31.4. The maximum Gasteiger partial charge on any atom is 0.117 e. The van der Waals surface area contributed by atoms with Gasteiger partial charge < -0.3 is 9.47 Å². The molecule has 1 saturated heterocycles. The quantitative estimate of drug-likeness (QED) is 0.811. The van der Waals surface area contributed by atoms with E-state index in [4.69, 9.17) is 9.47 Å². The minimum atomic E-state index is 0. The van der Waals surface area contributed by atoms with Gasteiger partial charge in [-0.15, -0.1) is 12.4 Å². The fourth-order valence-corrected chi connectivity index (χ4v) is 2.62. The molecule has 2 aliphatic rings. The summed E-state index contributed by atoms with van der Waals surface area (Å²) in [4.78, 5) is 0. The smallest absolute Gasteiger partial charge is 0.117 e. The molecule has 2 aliphatic heterocycles. The van der Waals surface area contributed by atoms with E-state index in [0.717, 1.165) is 13.2 Å². The summed E-state index contributed by atoms with van der Waals surface area (Å²) >= 11 is 0. The van der Waals surface area contributed by atoms with Gasteiger partial charge in [-0.05, 0) is 11.1 Å². The van der Waals surface area contributed by atoms with Crippen LogP contribution in [0.15, 0.2) is 24.3 Å². The SMILES string of the molecule is COC1NCC2OCc3ccccc3C21.Cl. The van der Waals surface area contributed by atoms with Crippen molar-refractivity contribution < 1.29 is 9.47 Å². The number of ether oxygens (including phenoxy) is 2. The number of hydrogen-bond donors (Lipinski definition) is 1. The largest absolute Gasteiger partial charge is 0.371 e. The van der Waals surface area contributed by atoms with Crippen molar-refractivity contribution in [1.29, 1.82) is 0 Å². The first-order chi connectivity index (χ1) is 7.40. The minimum absolute atomic E-state index is 0. The summed E-state index contributed by atoms with van der Waals surface area (Å²) in [5.41, 5.74) is 2.68. The summed E-state index contributed by atoms with van der Waals surface area (Å²) in [6.07, 6.45) is 0.362. The van der Waals surface area contributed by atoms with Crippen LogP contribution in [-0.4, -0.2) is 26.0 Å². The van der Waals surface area contributed by atoms with E-state index in [1.165, 1.54) is 11.1 Å². The number of rotatable bonds is 1. The molecule has 0 radical (unpaired) electrons. The second kappa shape index (κ2) is 4.72. The molecule has 0 saturated carbocycles. The summed E-state index contributed by atoms with van der Waals surface area (Å²) in [6, 6.07) is 8.48. The molecule has 1 aromatic rings. The molecular weight excluding hydrogens is 226 g/mol. The number of hydrogen-bond acceptors (Lipinski definition) is 3.